The number of halogens is 1. The van der Waals surface area contributed by atoms with Gasteiger partial charge in [0.05, 0.1) is 4.47 Å². The lowest BCUT2D eigenvalue weighted by Gasteiger charge is -2.11. The molecule has 2 N–H and O–H groups in total. The van der Waals surface area contributed by atoms with E-state index in [-0.39, 0.29) is 30.0 Å². The summed E-state index contributed by atoms with van der Waals surface area (Å²) < 4.78 is 6.19. The van der Waals surface area contributed by atoms with E-state index in [1.807, 2.05) is 24.3 Å². The molecule has 6 nitrogen and oxygen atoms in total. The molecule has 0 aromatic heterocycles. The molecule has 0 spiro atoms. The van der Waals surface area contributed by atoms with E-state index in [1.165, 1.54) is 0 Å². The van der Waals surface area contributed by atoms with Gasteiger partial charge in [-0.1, -0.05) is 37.1 Å². The molecular weight excluding hydrogens is 446 g/mol. The van der Waals surface area contributed by atoms with Gasteiger partial charge < -0.3 is 15.4 Å². The minimum Gasteiger partial charge on any atom is -0.483 e. The molecule has 0 aliphatic heterocycles. The molecule has 154 valence electrons. The fraction of sp³-hybridized carbons (Fsp3) is 0.261. The molecule has 7 heteroatoms. The number of para-hydroxylation sites is 1. The van der Waals surface area contributed by atoms with E-state index in [0.717, 1.165) is 25.7 Å². The summed E-state index contributed by atoms with van der Waals surface area (Å²) in [6.07, 6.45) is 5.67. The van der Waals surface area contributed by atoms with Crippen LogP contribution in [0.1, 0.15) is 31.2 Å². The second-order valence-electron chi connectivity index (χ2n) is 7.02. The maximum Gasteiger partial charge on any atom is 0.262 e. The Bertz CT molecular complexity index is 977. The SMILES string of the molecule is N#C/C(=C/c1ccc(OCC(=O)Nc2ccccc2)c(Br)c1)C(=O)NC1CCCC1. The summed E-state index contributed by atoms with van der Waals surface area (Å²) in [4.78, 5) is 24.4. The number of carbonyl (C=O) groups is 2. The zero-order valence-corrected chi connectivity index (χ0v) is 17.9. The molecule has 0 radical (unpaired) electrons. The molecule has 30 heavy (non-hydrogen) atoms. The zero-order valence-electron chi connectivity index (χ0n) is 16.4. The number of nitriles is 1. The third-order valence-electron chi connectivity index (χ3n) is 4.74. The predicted molar refractivity (Wildman–Crippen MR) is 119 cm³/mol. The van der Waals surface area contributed by atoms with Gasteiger partial charge in [0.25, 0.3) is 11.8 Å². The Morgan fingerprint density at radius 2 is 1.90 bits per heavy atom. The minimum atomic E-state index is -0.349. The van der Waals surface area contributed by atoms with Crippen LogP contribution >= 0.6 is 15.9 Å². The summed E-state index contributed by atoms with van der Waals surface area (Å²) in [6.45, 7) is -0.143. The summed E-state index contributed by atoms with van der Waals surface area (Å²) in [5.41, 5.74) is 1.44. The number of benzene rings is 2. The maximum atomic E-state index is 12.3. The van der Waals surface area contributed by atoms with Crippen LogP contribution in [0.15, 0.2) is 58.6 Å². The monoisotopic (exact) mass is 467 g/mol. The van der Waals surface area contributed by atoms with Crippen LogP contribution in [0.5, 0.6) is 5.75 Å². The van der Waals surface area contributed by atoms with Crippen molar-refractivity contribution in [3.63, 3.8) is 0 Å². The Kier molecular flexibility index (Phi) is 7.63. The van der Waals surface area contributed by atoms with Crippen molar-refractivity contribution in [3.05, 3.63) is 64.1 Å². The van der Waals surface area contributed by atoms with Gasteiger partial charge in [-0.2, -0.15) is 5.26 Å². The summed E-state index contributed by atoms with van der Waals surface area (Å²) in [5, 5.41) is 15.0. The number of nitrogens with zero attached hydrogens (tertiary/aromatic N) is 1. The molecule has 0 bridgehead atoms. The van der Waals surface area contributed by atoms with Crippen LogP contribution in [0.3, 0.4) is 0 Å². The Labute approximate surface area is 184 Å². The molecule has 1 aliphatic rings. The van der Waals surface area contributed by atoms with Crippen molar-refractivity contribution in [2.24, 2.45) is 0 Å². The fourth-order valence-corrected chi connectivity index (χ4v) is 3.75. The molecule has 0 atom stereocenters. The van der Waals surface area contributed by atoms with E-state index < -0.39 is 0 Å². The lowest BCUT2D eigenvalue weighted by Crippen LogP contribution is -2.33. The molecular formula is C23H22BrN3O3. The first-order valence-corrected chi connectivity index (χ1v) is 10.5. The first kappa shape index (κ1) is 21.6. The average molecular weight is 468 g/mol. The van der Waals surface area contributed by atoms with Crippen LogP contribution in [0.25, 0.3) is 6.08 Å². The summed E-state index contributed by atoms with van der Waals surface area (Å²) in [5.74, 6) is -0.130. The molecule has 1 saturated carbocycles. The second kappa shape index (κ2) is 10.6. The third kappa shape index (κ3) is 6.19. The van der Waals surface area contributed by atoms with Gasteiger partial charge >= 0.3 is 0 Å². The first-order chi connectivity index (χ1) is 14.5. The highest BCUT2D eigenvalue weighted by atomic mass is 79.9. The Hall–Kier alpha value is -3.11. The van der Waals surface area contributed by atoms with E-state index in [2.05, 4.69) is 26.6 Å². The van der Waals surface area contributed by atoms with E-state index >= 15 is 0 Å². The van der Waals surface area contributed by atoms with Crippen LogP contribution in [-0.2, 0) is 9.59 Å². The van der Waals surface area contributed by atoms with Crippen LogP contribution < -0.4 is 15.4 Å². The van der Waals surface area contributed by atoms with Crippen LogP contribution in [-0.4, -0.2) is 24.5 Å². The quantitative estimate of drug-likeness (QED) is 0.465. The van der Waals surface area contributed by atoms with Crippen molar-refractivity contribution in [2.45, 2.75) is 31.7 Å². The van der Waals surface area contributed by atoms with E-state index in [4.69, 9.17) is 4.74 Å². The van der Waals surface area contributed by atoms with Crippen molar-refractivity contribution in [1.82, 2.24) is 5.32 Å². The van der Waals surface area contributed by atoms with Gasteiger partial charge in [0, 0.05) is 11.7 Å². The smallest absolute Gasteiger partial charge is 0.262 e. The van der Waals surface area contributed by atoms with Gasteiger partial charge in [-0.3, -0.25) is 9.59 Å². The zero-order chi connectivity index (χ0) is 21.3. The standard InChI is InChI=1S/C23H22BrN3O3/c24-20-13-16(12-17(14-25)23(29)27-19-8-4-5-9-19)10-11-21(20)30-15-22(28)26-18-6-2-1-3-7-18/h1-3,6-7,10-13,19H,4-5,8-9,15H2,(H,26,28)(H,27,29)/b17-12-. The fourth-order valence-electron chi connectivity index (χ4n) is 3.23. The molecule has 2 aromatic rings. The average Bonchev–Trinajstić information content (AvgIpc) is 3.25. The third-order valence-corrected chi connectivity index (χ3v) is 5.36. The lowest BCUT2D eigenvalue weighted by molar-refractivity contribution is -0.118. The van der Waals surface area contributed by atoms with Crippen LogP contribution in [0, 0.1) is 11.3 Å². The maximum absolute atomic E-state index is 12.3. The molecule has 1 aliphatic carbocycles. The van der Waals surface area contributed by atoms with Gasteiger partial charge in [-0.05, 0) is 64.7 Å². The van der Waals surface area contributed by atoms with Crippen LogP contribution in [0.2, 0.25) is 0 Å². The lowest BCUT2D eigenvalue weighted by atomic mass is 10.1. The van der Waals surface area contributed by atoms with E-state index in [9.17, 15) is 14.9 Å². The highest BCUT2D eigenvalue weighted by Crippen LogP contribution is 2.27. The highest BCUT2D eigenvalue weighted by Gasteiger charge is 2.19. The highest BCUT2D eigenvalue weighted by molar-refractivity contribution is 9.10. The first-order valence-electron chi connectivity index (χ1n) is 9.75. The molecule has 0 heterocycles. The summed E-state index contributed by atoms with van der Waals surface area (Å²) in [6, 6.07) is 16.4. The number of anilines is 1. The topological polar surface area (TPSA) is 91.2 Å². The number of hydrogen-bond donors (Lipinski definition) is 2. The number of amides is 2. The molecule has 0 unspecified atom stereocenters. The van der Waals surface area contributed by atoms with Crippen molar-refractivity contribution >= 4 is 39.5 Å². The van der Waals surface area contributed by atoms with Crippen molar-refractivity contribution in [3.8, 4) is 11.8 Å². The molecule has 2 aromatic carbocycles. The van der Waals surface area contributed by atoms with E-state index in [0.29, 0.717) is 21.5 Å². The molecule has 2 amide bonds. The minimum absolute atomic E-state index is 0.0599. The van der Waals surface area contributed by atoms with Crippen molar-refractivity contribution < 1.29 is 14.3 Å². The number of carbonyl (C=O) groups excluding carboxylic acids is 2. The van der Waals surface area contributed by atoms with Crippen molar-refractivity contribution in [2.75, 3.05) is 11.9 Å². The number of ether oxygens (including phenoxy) is 1. The largest absolute Gasteiger partial charge is 0.483 e. The summed E-state index contributed by atoms with van der Waals surface area (Å²) in [7, 11) is 0. The Morgan fingerprint density at radius 3 is 2.57 bits per heavy atom. The molecule has 1 fully saturated rings. The second-order valence-corrected chi connectivity index (χ2v) is 7.87. The van der Waals surface area contributed by atoms with Gasteiger partial charge in [0.1, 0.15) is 17.4 Å². The van der Waals surface area contributed by atoms with Crippen molar-refractivity contribution in [1.29, 1.82) is 5.26 Å². The molecule has 3 rings (SSSR count). The summed E-state index contributed by atoms with van der Waals surface area (Å²) >= 11 is 3.41. The van der Waals surface area contributed by atoms with Gasteiger partial charge in [0.2, 0.25) is 0 Å². The Balaban J connectivity index is 1.59. The Morgan fingerprint density at radius 1 is 1.17 bits per heavy atom. The van der Waals surface area contributed by atoms with Gasteiger partial charge in [0.15, 0.2) is 6.61 Å². The number of hydrogen-bond acceptors (Lipinski definition) is 4. The van der Waals surface area contributed by atoms with E-state index in [1.54, 1.807) is 36.4 Å². The van der Waals surface area contributed by atoms with Gasteiger partial charge in [-0.15, -0.1) is 0 Å². The van der Waals surface area contributed by atoms with Crippen LogP contribution in [0.4, 0.5) is 5.69 Å². The number of nitrogens with one attached hydrogen (secondary N) is 2. The van der Waals surface area contributed by atoms with Gasteiger partial charge in [-0.25, -0.2) is 0 Å². The number of rotatable bonds is 7. The molecule has 0 saturated heterocycles. The normalized spacial score (nSPS) is 14.1. The predicted octanol–water partition coefficient (Wildman–Crippen LogP) is 4.43.